The smallest absolute Gasteiger partial charge is 0.318 e. The van der Waals surface area contributed by atoms with E-state index in [0.29, 0.717) is 11.4 Å². The van der Waals surface area contributed by atoms with Crippen LogP contribution >= 0.6 is 0 Å². The molecule has 1 aromatic rings. The molecule has 1 atom stereocenters. The summed E-state index contributed by atoms with van der Waals surface area (Å²) < 4.78 is 12.0. The molecule has 5 nitrogen and oxygen atoms in total. The molecule has 1 aliphatic rings. The molecule has 2 rings (SSSR count). The summed E-state index contributed by atoms with van der Waals surface area (Å²) in [5, 5.41) is 5.27. The molecule has 0 spiro atoms. The van der Waals surface area contributed by atoms with Crippen molar-refractivity contribution in [3.8, 4) is 11.5 Å². The molecule has 0 saturated carbocycles. The first-order chi connectivity index (χ1) is 11.6. The zero-order valence-corrected chi connectivity index (χ0v) is 15.1. The molecule has 1 aliphatic heterocycles. The average molecular weight is 334 g/mol. The number of ether oxygens (including phenoxy) is 2. The normalized spacial score (nSPS) is 18.5. The van der Waals surface area contributed by atoms with Crippen molar-refractivity contribution in [2.75, 3.05) is 12.4 Å². The fourth-order valence-corrected chi connectivity index (χ4v) is 2.93. The number of hydrogen-bond donors (Lipinski definition) is 2. The van der Waals surface area contributed by atoms with Gasteiger partial charge in [-0.25, -0.2) is 4.79 Å². The lowest BCUT2D eigenvalue weighted by Gasteiger charge is -2.22. The molecular weight excluding hydrogens is 304 g/mol. The van der Waals surface area contributed by atoms with Crippen LogP contribution in [0.15, 0.2) is 18.2 Å². The molecular formula is C19H30N2O3. The molecule has 0 aromatic heterocycles. The number of amides is 2. The van der Waals surface area contributed by atoms with Gasteiger partial charge in [0.05, 0.1) is 0 Å². The van der Waals surface area contributed by atoms with E-state index >= 15 is 0 Å². The van der Waals surface area contributed by atoms with E-state index in [1.165, 1.54) is 38.5 Å². The third kappa shape index (κ3) is 5.32. The second-order valence-electron chi connectivity index (χ2n) is 6.57. The highest BCUT2D eigenvalue weighted by Crippen LogP contribution is 2.42. The van der Waals surface area contributed by atoms with Crippen molar-refractivity contribution in [3.63, 3.8) is 0 Å². The van der Waals surface area contributed by atoms with E-state index in [1.54, 1.807) is 13.1 Å². The summed E-state index contributed by atoms with van der Waals surface area (Å²) in [7, 11) is 1.58. The Hall–Kier alpha value is -1.91. The number of fused-ring (bicyclic) bond motifs is 1. The predicted octanol–water partition coefficient (Wildman–Crippen LogP) is 5.07. The summed E-state index contributed by atoms with van der Waals surface area (Å²) in [5.74, 6) is 0.828. The fourth-order valence-electron chi connectivity index (χ4n) is 2.93. The molecule has 1 unspecified atom stereocenters. The zero-order chi connectivity index (χ0) is 17.4. The van der Waals surface area contributed by atoms with E-state index in [4.69, 9.17) is 9.47 Å². The second kappa shape index (κ2) is 8.81. The van der Waals surface area contributed by atoms with Crippen molar-refractivity contribution in [2.45, 2.75) is 71.0 Å². The molecule has 2 N–H and O–H groups in total. The Morgan fingerprint density at radius 1 is 1.04 bits per heavy atom. The van der Waals surface area contributed by atoms with Gasteiger partial charge >= 0.3 is 6.03 Å². The van der Waals surface area contributed by atoms with E-state index in [2.05, 4.69) is 17.6 Å². The molecule has 0 radical (unpaired) electrons. The van der Waals surface area contributed by atoms with Gasteiger partial charge in [0, 0.05) is 32.1 Å². The van der Waals surface area contributed by atoms with Gasteiger partial charge in [0.15, 0.2) is 11.5 Å². The lowest BCUT2D eigenvalue weighted by atomic mass is 10.1. The third-order valence-electron chi connectivity index (χ3n) is 4.31. The molecule has 1 aromatic carbocycles. The molecule has 134 valence electrons. The van der Waals surface area contributed by atoms with E-state index in [9.17, 15) is 4.79 Å². The van der Waals surface area contributed by atoms with Crippen molar-refractivity contribution >= 4 is 11.7 Å². The van der Waals surface area contributed by atoms with E-state index < -0.39 is 5.79 Å². The van der Waals surface area contributed by atoms with Crippen molar-refractivity contribution in [3.05, 3.63) is 18.2 Å². The Labute approximate surface area is 145 Å². The Kier molecular flexibility index (Phi) is 6.76. The van der Waals surface area contributed by atoms with Gasteiger partial charge in [-0.15, -0.1) is 0 Å². The van der Waals surface area contributed by atoms with Gasteiger partial charge in [-0.05, 0) is 18.6 Å². The number of carbonyl (C=O) groups excluding carboxylic acids is 1. The van der Waals surface area contributed by atoms with Crippen LogP contribution in [-0.2, 0) is 0 Å². The van der Waals surface area contributed by atoms with Crippen LogP contribution in [0.2, 0.25) is 0 Å². The summed E-state index contributed by atoms with van der Waals surface area (Å²) in [4.78, 5) is 11.4. The monoisotopic (exact) mass is 334 g/mol. The Morgan fingerprint density at radius 3 is 2.42 bits per heavy atom. The summed E-state index contributed by atoms with van der Waals surface area (Å²) in [6, 6.07) is 5.22. The Bertz CT molecular complexity index is 547. The number of carbonyl (C=O) groups is 1. The maximum atomic E-state index is 11.4. The Morgan fingerprint density at radius 2 is 1.71 bits per heavy atom. The number of anilines is 1. The van der Waals surface area contributed by atoms with Crippen molar-refractivity contribution in [2.24, 2.45) is 0 Å². The molecule has 5 heteroatoms. The largest absolute Gasteiger partial charge is 0.449 e. The van der Waals surface area contributed by atoms with Gasteiger partial charge in [0.25, 0.3) is 0 Å². The van der Waals surface area contributed by atoms with Crippen LogP contribution in [0, 0.1) is 0 Å². The quantitative estimate of drug-likeness (QED) is 0.620. The van der Waals surface area contributed by atoms with E-state index in [-0.39, 0.29) is 6.03 Å². The van der Waals surface area contributed by atoms with Crippen molar-refractivity contribution in [1.29, 1.82) is 0 Å². The molecule has 24 heavy (non-hydrogen) atoms. The summed E-state index contributed by atoms with van der Waals surface area (Å²) in [6.07, 6.45) is 9.75. The van der Waals surface area contributed by atoms with Crippen molar-refractivity contribution in [1.82, 2.24) is 5.32 Å². The number of urea groups is 1. The van der Waals surface area contributed by atoms with Gasteiger partial charge in [0.1, 0.15) is 0 Å². The molecule has 2 amide bonds. The summed E-state index contributed by atoms with van der Waals surface area (Å²) >= 11 is 0. The SMILES string of the molecule is CCCCCCCCCC1(C)Oc2ccc(NC(=O)NC)cc2O1. The minimum Gasteiger partial charge on any atom is -0.449 e. The molecule has 0 saturated heterocycles. The lowest BCUT2D eigenvalue weighted by Crippen LogP contribution is -2.34. The Balaban J connectivity index is 1.78. The number of unbranched alkanes of at least 4 members (excludes halogenated alkanes) is 6. The van der Waals surface area contributed by atoms with Crippen LogP contribution in [0.4, 0.5) is 10.5 Å². The van der Waals surface area contributed by atoms with Crippen LogP contribution in [0.25, 0.3) is 0 Å². The van der Waals surface area contributed by atoms with Crippen molar-refractivity contribution < 1.29 is 14.3 Å². The van der Waals surface area contributed by atoms with Gasteiger partial charge in [-0.2, -0.15) is 0 Å². The van der Waals surface area contributed by atoms with Gasteiger partial charge in [0.2, 0.25) is 5.79 Å². The maximum Gasteiger partial charge on any atom is 0.318 e. The van der Waals surface area contributed by atoms with Gasteiger partial charge < -0.3 is 20.1 Å². The number of hydrogen-bond acceptors (Lipinski definition) is 3. The fraction of sp³-hybridized carbons (Fsp3) is 0.632. The van der Waals surface area contributed by atoms with Crippen LogP contribution < -0.4 is 20.1 Å². The van der Waals surface area contributed by atoms with Crippen LogP contribution in [0.3, 0.4) is 0 Å². The molecule has 1 heterocycles. The second-order valence-corrected chi connectivity index (χ2v) is 6.57. The summed E-state index contributed by atoms with van der Waals surface area (Å²) in [5.41, 5.74) is 0.692. The molecule has 0 bridgehead atoms. The summed E-state index contributed by atoms with van der Waals surface area (Å²) in [6.45, 7) is 4.22. The average Bonchev–Trinajstić information content (AvgIpc) is 2.89. The van der Waals surface area contributed by atoms with Crippen LogP contribution in [0.5, 0.6) is 11.5 Å². The highest BCUT2D eigenvalue weighted by molar-refractivity contribution is 5.89. The number of rotatable bonds is 9. The number of benzene rings is 1. The van der Waals surface area contributed by atoms with Crippen LogP contribution in [0.1, 0.15) is 65.2 Å². The lowest BCUT2D eigenvalue weighted by molar-refractivity contribution is -0.0696. The minimum absolute atomic E-state index is 0.250. The highest BCUT2D eigenvalue weighted by Gasteiger charge is 2.36. The highest BCUT2D eigenvalue weighted by atomic mass is 16.7. The maximum absolute atomic E-state index is 11.4. The van der Waals surface area contributed by atoms with Gasteiger partial charge in [-0.3, -0.25) is 0 Å². The first kappa shape index (κ1) is 18.4. The zero-order valence-electron chi connectivity index (χ0n) is 15.1. The topological polar surface area (TPSA) is 59.6 Å². The van der Waals surface area contributed by atoms with E-state index in [1.807, 2.05) is 19.1 Å². The number of nitrogens with one attached hydrogen (secondary N) is 2. The predicted molar refractivity (Wildman–Crippen MR) is 96.8 cm³/mol. The van der Waals surface area contributed by atoms with Crippen LogP contribution in [-0.4, -0.2) is 18.9 Å². The minimum atomic E-state index is -0.600. The molecule has 0 aliphatic carbocycles. The first-order valence-corrected chi connectivity index (χ1v) is 9.07. The van der Waals surface area contributed by atoms with Gasteiger partial charge in [-0.1, -0.05) is 45.4 Å². The first-order valence-electron chi connectivity index (χ1n) is 9.07. The third-order valence-corrected chi connectivity index (χ3v) is 4.31. The van der Waals surface area contributed by atoms with E-state index in [0.717, 1.165) is 18.6 Å². The standard InChI is InChI=1S/C19H30N2O3/c1-4-5-6-7-8-9-10-13-19(2)23-16-12-11-15(14-17(16)24-19)21-18(22)20-3/h11-12,14H,4-10,13H2,1-3H3,(H2,20,21,22). The molecule has 0 fully saturated rings.